The van der Waals surface area contributed by atoms with Crippen molar-refractivity contribution >= 4 is 29.9 Å². The molecule has 0 aromatic rings. The third-order valence-electron chi connectivity index (χ3n) is 5.90. The molecule has 0 spiro atoms. The van der Waals surface area contributed by atoms with Gasteiger partial charge in [0.05, 0.1) is 13.2 Å². The van der Waals surface area contributed by atoms with Crippen LogP contribution in [0.25, 0.3) is 0 Å². The Labute approximate surface area is 159 Å². The Morgan fingerprint density at radius 1 is 1.17 bits per heavy atom. The van der Waals surface area contributed by atoms with E-state index >= 15 is 0 Å². The fourth-order valence-corrected chi connectivity index (χ4v) is 3.27. The molecule has 0 unspecified atom stereocenters. The van der Waals surface area contributed by atoms with Crippen LogP contribution >= 0.6 is 24.0 Å². The predicted molar refractivity (Wildman–Crippen MR) is 108 cm³/mol. The van der Waals surface area contributed by atoms with E-state index in [-0.39, 0.29) is 35.1 Å². The molecule has 2 heterocycles. The molecule has 136 valence electrons. The lowest BCUT2D eigenvalue weighted by atomic mass is 9.65. The second kappa shape index (κ2) is 7.44. The van der Waals surface area contributed by atoms with E-state index in [0.717, 1.165) is 45.4 Å². The van der Waals surface area contributed by atoms with E-state index in [2.05, 4.69) is 61.7 Å². The molecular weight excluding hydrogens is 403 g/mol. The Hall–Kier alpha value is -0.0800. The molecule has 0 aliphatic carbocycles. The lowest BCUT2D eigenvalue weighted by Gasteiger charge is -2.62. The minimum Gasteiger partial charge on any atom is -0.379 e. The van der Waals surface area contributed by atoms with Gasteiger partial charge in [-0.25, -0.2) is 0 Å². The van der Waals surface area contributed by atoms with Crippen molar-refractivity contribution in [3.8, 4) is 0 Å². The smallest absolute Gasteiger partial charge is 0.194 e. The molecule has 0 saturated carbocycles. The number of guanidine groups is 1. The summed E-state index contributed by atoms with van der Waals surface area (Å²) in [5.41, 5.74) is 0.562. The van der Waals surface area contributed by atoms with Crippen molar-refractivity contribution in [3.05, 3.63) is 0 Å². The number of nitrogens with one attached hydrogen (secondary N) is 1. The Balaban J connectivity index is 0.00000264. The monoisotopic (exact) mass is 438 g/mol. The van der Waals surface area contributed by atoms with Crippen LogP contribution in [0.3, 0.4) is 0 Å². The maximum Gasteiger partial charge on any atom is 0.194 e. The van der Waals surface area contributed by atoms with Gasteiger partial charge in [0, 0.05) is 49.7 Å². The molecular formula is C17H35IN4O. The number of ether oxygens (including phenoxy) is 1. The number of rotatable bonds is 3. The van der Waals surface area contributed by atoms with E-state index in [1.54, 1.807) is 0 Å². The van der Waals surface area contributed by atoms with Crippen molar-refractivity contribution in [1.29, 1.82) is 0 Å². The van der Waals surface area contributed by atoms with E-state index in [1.165, 1.54) is 0 Å². The summed E-state index contributed by atoms with van der Waals surface area (Å²) in [6.45, 7) is 19.5. The largest absolute Gasteiger partial charge is 0.379 e. The number of nitrogens with zero attached hydrogens (tertiary/aromatic N) is 3. The van der Waals surface area contributed by atoms with Gasteiger partial charge in [-0.15, -0.1) is 24.0 Å². The highest BCUT2D eigenvalue weighted by Gasteiger charge is 2.53. The zero-order chi connectivity index (χ0) is 16.6. The lowest BCUT2D eigenvalue weighted by molar-refractivity contribution is -0.0675. The zero-order valence-electron chi connectivity index (χ0n) is 15.9. The van der Waals surface area contributed by atoms with E-state index in [0.29, 0.717) is 5.41 Å². The number of likely N-dealkylation sites (tertiary alicyclic amines) is 1. The van der Waals surface area contributed by atoms with Crippen LogP contribution in [-0.4, -0.2) is 73.3 Å². The first-order valence-corrected chi connectivity index (χ1v) is 8.43. The molecule has 2 aliphatic heterocycles. The Bertz CT molecular complexity index is 428. The normalized spacial score (nSPS) is 24.7. The fourth-order valence-electron chi connectivity index (χ4n) is 3.27. The van der Waals surface area contributed by atoms with Crippen molar-refractivity contribution in [2.75, 3.05) is 46.4 Å². The summed E-state index contributed by atoms with van der Waals surface area (Å²) in [4.78, 5) is 9.40. The van der Waals surface area contributed by atoms with Gasteiger partial charge in [-0.1, -0.05) is 13.8 Å². The van der Waals surface area contributed by atoms with Gasteiger partial charge < -0.3 is 15.0 Å². The summed E-state index contributed by atoms with van der Waals surface area (Å²) < 4.78 is 5.46. The molecule has 23 heavy (non-hydrogen) atoms. The number of hydrogen-bond acceptors (Lipinski definition) is 3. The molecule has 0 amide bonds. The van der Waals surface area contributed by atoms with Crippen LogP contribution in [0, 0.1) is 5.41 Å². The van der Waals surface area contributed by atoms with Gasteiger partial charge in [-0.3, -0.25) is 9.89 Å². The summed E-state index contributed by atoms with van der Waals surface area (Å²) in [6.07, 6.45) is 0. The summed E-state index contributed by atoms with van der Waals surface area (Å²) in [5.74, 6) is 1.02. The minimum atomic E-state index is 0. The van der Waals surface area contributed by atoms with Crippen molar-refractivity contribution < 1.29 is 4.74 Å². The average Bonchev–Trinajstić information content (AvgIpc) is 2.47. The van der Waals surface area contributed by atoms with Gasteiger partial charge in [-0.05, 0) is 27.7 Å². The summed E-state index contributed by atoms with van der Waals surface area (Å²) >= 11 is 0. The third-order valence-corrected chi connectivity index (χ3v) is 5.90. The molecule has 0 atom stereocenters. The quantitative estimate of drug-likeness (QED) is 0.418. The maximum atomic E-state index is 5.46. The second-order valence-corrected chi connectivity index (χ2v) is 8.34. The van der Waals surface area contributed by atoms with Gasteiger partial charge in [0.2, 0.25) is 0 Å². The average molecular weight is 438 g/mol. The van der Waals surface area contributed by atoms with Crippen LogP contribution in [0.4, 0.5) is 0 Å². The first-order valence-electron chi connectivity index (χ1n) is 8.43. The molecule has 5 nitrogen and oxygen atoms in total. The van der Waals surface area contributed by atoms with Crippen LogP contribution in [0.2, 0.25) is 0 Å². The third kappa shape index (κ3) is 4.12. The number of hydrogen-bond donors (Lipinski definition) is 1. The molecule has 2 aliphatic rings. The van der Waals surface area contributed by atoms with Crippen molar-refractivity contribution in [2.24, 2.45) is 10.4 Å². The van der Waals surface area contributed by atoms with Gasteiger partial charge in [0.1, 0.15) is 0 Å². The Kier molecular flexibility index (Phi) is 6.78. The predicted octanol–water partition coefficient (Wildman–Crippen LogP) is 2.41. The highest BCUT2D eigenvalue weighted by molar-refractivity contribution is 14.0. The van der Waals surface area contributed by atoms with Crippen LogP contribution in [-0.2, 0) is 4.74 Å². The SMILES string of the molecule is CN=C(NCC(C)(C)N1CCOCC1)N1CC(C)(C)C1(C)C.I. The number of morpholine rings is 1. The van der Waals surface area contributed by atoms with Gasteiger partial charge in [0.25, 0.3) is 0 Å². The number of halogens is 1. The van der Waals surface area contributed by atoms with Crippen molar-refractivity contribution in [1.82, 2.24) is 15.1 Å². The van der Waals surface area contributed by atoms with E-state index in [4.69, 9.17) is 4.74 Å². The molecule has 2 fully saturated rings. The first-order chi connectivity index (χ1) is 10.1. The first kappa shape index (κ1) is 21.0. The highest BCUT2D eigenvalue weighted by Crippen LogP contribution is 2.46. The van der Waals surface area contributed by atoms with E-state index < -0.39 is 0 Å². The van der Waals surface area contributed by atoms with E-state index in [1.807, 2.05) is 7.05 Å². The summed E-state index contributed by atoms with van der Waals surface area (Å²) in [6, 6.07) is 0. The summed E-state index contributed by atoms with van der Waals surface area (Å²) in [7, 11) is 1.88. The molecule has 0 bridgehead atoms. The zero-order valence-corrected chi connectivity index (χ0v) is 18.2. The van der Waals surface area contributed by atoms with Crippen LogP contribution < -0.4 is 5.32 Å². The topological polar surface area (TPSA) is 40.1 Å². The second-order valence-electron chi connectivity index (χ2n) is 8.34. The van der Waals surface area contributed by atoms with E-state index in [9.17, 15) is 0 Å². The van der Waals surface area contributed by atoms with Gasteiger partial charge in [0.15, 0.2) is 5.96 Å². The molecule has 2 rings (SSSR count). The van der Waals surface area contributed by atoms with Crippen LogP contribution in [0.5, 0.6) is 0 Å². The number of aliphatic imine (C=N–C) groups is 1. The van der Waals surface area contributed by atoms with Crippen molar-refractivity contribution in [3.63, 3.8) is 0 Å². The standard InChI is InChI=1S/C17H34N4O.HI/c1-15(2)13-21(17(15,5)6)14(18-7)19-12-16(3,4)20-8-10-22-11-9-20;/h8-13H2,1-7H3,(H,18,19);1H. The molecule has 0 aromatic carbocycles. The maximum absolute atomic E-state index is 5.46. The van der Waals surface area contributed by atoms with Gasteiger partial charge in [-0.2, -0.15) is 0 Å². The molecule has 0 aromatic heterocycles. The molecule has 0 radical (unpaired) electrons. The Morgan fingerprint density at radius 3 is 2.17 bits per heavy atom. The molecule has 1 N–H and O–H groups in total. The summed E-state index contributed by atoms with van der Waals surface area (Å²) in [5, 5.41) is 3.60. The van der Waals surface area contributed by atoms with Crippen LogP contribution in [0.15, 0.2) is 4.99 Å². The van der Waals surface area contributed by atoms with Gasteiger partial charge >= 0.3 is 0 Å². The Morgan fingerprint density at radius 2 is 1.74 bits per heavy atom. The molecule has 2 saturated heterocycles. The lowest BCUT2D eigenvalue weighted by Crippen LogP contribution is -2.73. The highest BCUT2D eigenvalue weighted by atomic mass is 127. The minimum absolute atomic E-state index is 0. The molecule has 6 heteroatoms. The van der Waals surface area contributed by atoms with Crippen LogP contribution in [0.1, 0.15) is 41.5 Å². The fraction of sp³-hybridized carbons (Fsp3) is 0.941. The van der Waals surface area contributed by atoms with Crippen molar-refractivity contribution in [2.45, 2.75) is 52.6 Å².